The molecule has 6 heteroatoms. The van der Waals surface area contributed by atoms with E-state index in [0.717, 1.165) is 58.8 Å². The average Bonchev–Trinajstić information content (AvgIpc) is 2.55. The smallest absolute Gasteiger partial charge is 0.237 e. The predicted octanol–water partition coefficient (Wildman–Crippen LogP) is 0.720. The van der Waals surface area contributed by atoms with Crippen molar-refractivity contribution in [2.75, 3.05) is 52.5 Å². The highest BCUT2D eigenvalue weighted by Crippen LogP contribution is 2.24. The summed E-state index contributed by atoms with van der Waals surface area (Å²) in [4.78, 5) is 29.2. The highest BCUT2D eigenvalue weighted by Gasteiger charge is 2.39. The van der Waals surface area contributed by atoms with Gasteiger partial charge in [0.25, 0.3) is 0 Å². The molecule has 1 N–H and O–H groups in total. The molecule has 0 aromatic carbocycles. The second kappa shape index (κ2) is 8.11. The first-order chi connectivity index (χ1) is 10.9. The summed E-state index contributed by atoms with van der Waals surface area (Å²) in [5, 5.41) is 2.93. The van der Waals surface area contributed by atoms with Crippen molar-refractivity contribution in [2.24, 2.45) is 11.3 Å². The third-order valence-corrected chi connectivity index (χ3v) is 4.99. The van der Waals surface area contributed by atoms with Gasteiger partial charge in [-0.05, 0) is 32.6 Å². The SMILES string of the molecule is CC1CCN(C(=O)C(C)(C)C(=O)NCCN2CCOCC2)CC1. The number of carbonyl (C=O) groups is 2. The molecule has 6 nitrogen and oxygen atoms in total. The van der Waals surface area contributed by atoms with Crippen LogP contribution in [0.5, 0.6) is 0 Å². The lowest BCUT2D eigenvalue weighted by molar-refractivity contribution is -0.149. The van der Waals surface area contributed by atoms with Gasteiger partial charge in [-0.2, -0.15) is 0 Å². The van der Waals surface area contributed by atoms with E-state index in [-0.39, 0.29) is 11.8 Å². The standard InChI is InChI=1S/C17H31N3O3/c1-14-4-7-20(8-5-14)16(22)17(2,3)15(21)18-6-9-19-10-12-23-13-11-19/h14H,4-13H2,1-3H3,(H,18,21). The van der Waals surface area contributed by atoms with Crippen molar-refractivity contribution in [1.82, 2.24) is 15.1 Å². The Morgan fingerprint density at radius 1 is 1.13 bits per heavy atom. The van der Waals surface area contributed by atoms with Crippen LogP contribution in [0, 0.1) is 11.3 Å². The van der Waals surface area contributed by atoms with Gasteiger partial charge in [0.2, 0.25) is 11.8 Å². The van der Waals surface area contributed by atoms with E-state index >= 15 is 0 Å². The van der Waals surface area contributed by atoms with E-state index in [0.29, 0.717) is 12.5 Å². The van der Waals surface area contributed by atoms with Gasteiger partial charge in [-0.25, -0.2) is 0 Å². The van der Waals surface area contributed by atoms with Gasteiger partial charge in [0, 0.05) is 39.3 Å². The number of likely N-dealkylation sites (tertiary alicyclic amines) is 1. The van der Waals surface area contributed by atoms with E-state index in [1.165, 1.54) is 0 Å². The molecule has 23 heavy (non-hydrogen) atoms. The van der Waals surface area contributed by atoms with Gasteiger partial charge in [0.15, 0.2) is 0 Å². The molecule has 2 saturated heterocycles. The topological polar surface area (TPSA) is 61.9 Å². The van der Waals surface area contributed by atoms with Gasteiger partial charge in [-0.1, -0.05) is 6.92 Å². The Kier molecular flexibility index (Phi) is 6.41. The van der Waals surface area contributed by atoms with Crippen molar-refractivity contribution in [3.63, 3.8) is 0 Å². The number of nitrogens with one attached hydrogen (secondary N) is 1. The molecule has 0 aromatic rings. The van der Waals surface area contributed by atoms with Crippen molar-refractivity contribution >= 4 is 11.8 Å². The lowest BCUT2D eigenvalue weighted by atomic mass is 9.88. The number of amides is 2. The van der Waals surface area contributed by atoms with E-state index in [9.17, 15) is 9.59 Å². The molecule has 2 aliphatic heterocycles. The average molecular weight is 325 g/mol. The molecule has 0 aliphatic carbocycles. The molecule has 2 rings (SSSR count). The first-order valence-corrected chi connectivity index (χ1v) is 8.79. The molecule has 2 amide bonds. The molecule has 0 saturated carbocycles. The van der Waals surface area contributed by atoms with Gasteiger partial charge in [-0.15, -0.1) is 0 Å². The molecule has 2 aliphatic rings. The zero-order chi connectivity index (χ0) is 16.9. The number of piperidine rings is 1. The summed E-state index contributed by atoms with van der Waals surface area (Å²) in [6.07, 6.45) is 2.06. The van der Waals surface area contributed by atoms with Crippen LogP contribution >= 0.6 is 0 Å². The zero-order valence-corrected chi connectivity index (χ0v) is 14.8. The molecular weight excluding hydrogens is 294 g/mol. The van der Waals surface area contributed by atoms with Crippen LogP contribution in [0.1, 0.15) is 33.6 Å². The highest BCUT2D eigenvalue weighted by molar-refractivity contribution is 6.04. The maximum absolute atomic E-state index is 12.7. The van der Waals surface area contributed by atoms with Gasteiger partial charge < -0.3 is 15.0 Å². The van der Waals surface area contributed by atoms with Crippen molar-refractivity contribution in [2.45, 2.75) is 33.6 Å². The molecule has 0 aromatic heterocycles. The summed E-state index contributed by atoms with van der Waals surface area (Å²) in [5.41, 5.74) is -0.994. The Labute approximate surface area is 139 Å². The van der Waals surface area contributed by atoms with Crippen LogP contribution in [0.2, 0.25) is 0 Å². The maximum atomic E-state index is 12.7. The van der Waals surface area contributed by atoms with E-state index in [2.05, 4.69) is 17.1 Å². The molecule has 2 heterocycles. The number of hydrogen-bond acceptors (Lipinski definition) is 4. The van der Waals surface area contributed by atoms with Crippen LogP contribution in [0.4, 0.5) is 0 Å². The van der Waals surface area contributed by atoms with Crippen molar-refractivity contribution < 1.29 is 14.3 Å². The van der Waals surface area contributed by atoms with Crippen LogP contribution in [0.15, 0.2) is 0 Å². The normalized spacial score (nSPS) is 21.3. The van der Waals surface area contributed by atoms with Gasteiger partial charge in [0.05, 0.1) is 13.2 Å². The fourth-order valence-corrected chi connectivity index (χ4v) is 3.08. The largest absolute Gasteiger partial charge is 0.379 e. The summed E-state index contributed by atoms with van der Waals surface area (Å²) in [5.74, 6) is 0.451. The number of rotatable bonds is 5. The maximum Gasteiger partial charge on any atom is 0.237 e. The zero-order valence-electron chi connectivity index (χ0n) is 14.8. The van der Waals surface area contributed by atoms with Crippen molar-refractivity contribution in [3.8, 4) is 0 Å². The number of morpholine rings is 1. The number of nitrogens with zero attached hydrogens (tertiary/aromatic N) is 2. The minimum absolute atomic E-state index is 0.0479. The van der Waals surface area contributed by atoms with Gasteiger partial charge in [0.1, 0.15) is 5.41 Å². The Hall–Kier alpha value is -1.14. The number of ether oxygens (including phenoxy) is 1. The first kappa shape index (κ1) is 18.2. The highest BCUT2D eigenvalue weighted by atomic mass is 16.5. The Morgan fingerprint density at radius 3 is 2.35 bits per heavy atom. The molecular formula is C17H31N3O3. The first-order valence-electron chi connectivity index (χ1n) is 8.79. The summed E-state index contributed by atoms with van der Waals surface area (Å²) in [7, 11) is 0. The van der Waals surface area contributed by atoms with Gasteiger partial charge in [-0.3, -0.25) is 14.5 Å². The van der Waals surface area contributed by atoms with Crippen molar-refractivity contribution in [3.05, 3.63) is 0 Å². The molecule has 0 bridgehead atoms. The Bertz CT molecular complexity index is 411. The monoisotopic (exact) mass is 325 g/mol. The van der Waals surface area contributed by atoms with Crippen LogP contribution in [-0.2, 0) is 14.3 Å². The molecule has 0 radical (unpaired) electrons. The second-order valence-electron chi connectivity index (χ2n) is 7.31. The Balaban J connectivity index is 1.77. The molecule has 132 valence electrons. The molecule has 0 spiro atoms. The molecule has 0 atom stereocenters. The van der Waals surface area contributed by atoms with Crippen LogP contribution < -0.4 is 5.32 Å². The number of carbonyl (C=O) groups excluding carboxylic acids is 2. The second-order valence-corrected chi connectivity index (χ2v) is 7.31. The number of hydrogen-bond donors (Lipinski definition) is 1. The fraction of sp³-hybridized carbons (Fsp3) is 0.882. The van der Waals surface area contributed by atoms with E-state index in [1.54, 1.807) is 13.8 Å². The Morgan fingerprint density at radius 2 is 1.74 bits per heavy atom. The van der Waals surface area contributed by atoms with Gasteiger partial charge >= 0.3 is 0 Å². The minimum Gasteiger partial charge on any atom is -0.379 e. The predicted molar refractivity (Wildman–Crippen MR) is 89.0 cm³/mol. The summed E-state index contributed by atoms with van der Waals surface area (Å²) < 4.78 is 5.31. The van der Waals surface area contributed by atoms with Crippen LogP contribution in [0.3, 0.4) is 0 Å². The van der Waals surface area contributed by atoms with E-state index < -0.39 is 5.41 Å². The lowest BCUT2D eigenvalue weighted by Crippen LogP contribution is -2.52. The third-order valence-electron chi connectivity index (χ3n) is 4.99. The fourth-order valence-electron chi connectivity index (χ4n) is 3.08. The molecule has 0 unspecified atom stereocenters. The van der Waals surface area contributed by atoms with Crippen LogP contribution in [-0.4, -0.2) is 74.1 Å². The molecule has 2 fully saturated rings. The minimum atomic E-state index is -0.994. The summed E-state index contributed by atoms with van der Waals surface area (Å²) in [6, 6.07) is 0. The lowest BCUT2D eigenvalue weighted by Gasteiger charge is -2.35. The third kappa shape index (κ3) is 4.91. The van der Waals surface area contributed by atoms with Crippen LogP contribution in [0.25, 0.3) is 0 Å². The summed E-state index contributed by atoms with van der Waals surface area (Å²) >= 11 is 0. The van der Waals surface area contributed by atoms with E-state index in [1.807, 2.05) is 4.90 Å². The van der Waals surface area contributed by atoms with Crippen molar-refractivity contribution in [1.29, 1.82) is 0 Å². The quantitative estimate of drug-likeness (QED) is 0.757. The summed E-state index contributed by atoms with van der Waals surface area (Å²) in [6.45, 7) is 11.9. The van der Waals surface area contributed by atoms with E-state index in [4.69, 9.17) is 4.74 Å².